The third-order valence-electron chi connectivity index (χ3n) is 5.24. The van der Waals surface area contributed by atoms with Gasteiger partial charge in [0, 0.05) is 30.6 Å². The number of hydrogen-bond donors (Lipinski definition) is 2. The second-order valence-corrected chi connectivity index (χ2v) is 7.00. The molecule has 7 nitrogen and oxygen atoms in total. The number of nitrogens with one attached hydrogen (secondary N) is 1. The maximum atomic E-state index is 12.8. The molecule has 152 valence electrons. The first-order chi connectivity index (χ1) is 13.7. The Morgan fingerprint density at radius 1 is 1.17 bits per heavy atom. The van der Waals surface area contributed by atoms with Gasteiger partial charge in [-0.3, -0.25) is 4.79 Å². The number of carboxylic acid groups (broad SMARTS) is 1. The fourth-order valence-electron chi connectivity index (χ4n) is 3.72. The molecular formula is C19H17F3N4O3. The Labute approximate surface area is 162 Å². The van der Waals surface area contributed by atoms with Crippen molar-refractivity contribution in [2.45, 2.75) is 24.9 Å². The van der Waals surface area contributed by atoms with E-state index in [2.05, 4.69) is 10.1 Å². The highest BCUT2D eigenvalue weighted by Gasteiger charge is 2.30. The van der Waals surface area contributed by atoms with Gasteiger partial charge in [0.05, 0.1) is 17.5 Å². The zero-order valence-electron chi connectivity index (χ0n) is 15.1. The first-order valence-electron chi connectivity index (χ1n) is 9.00. The zero-order valence-corrected chi connectivity index (χ0v) is 15.1. The monoisotopic (exact) mass is 406 g/mol. The van der Waals surface area contributed by atoms with Crippen molar-refractivity contribution in [1.29, 1.82) is 0 Å². The molecule has 1 saturated heterocycles. The summed E-state index contributed by atoms with van der Waals surface area (Å²) in [5.41, 5.74) is 0.973. The van der Waals surface area contributed by atoms with E-state index in [4.69, 9.17) is 5.11 Å². The summed E-state index contributed by atoms with van der Waals surface area (Å²) in [5, 5.41) is 13.4. The predicted molar refractivity (Wildman–Crippen MR) is 97.8 cm³/mol. The molecule has 1 aromatic carbocycles. The van der Waals surface area contributed by atoms with E-state index in [1.165, 1.54) is 29.3 Å². The quantitative estimate of drug-likeness (QED) is 0.681. The van der Waals surface area contributed by atoms with Gasteiger partial charge in [-0.2, -0.15) is 18.3 Å². The summed E-state index contributed by atoms with van der Waals surface area (Å²) in [5.74, 6) is -0.0456. The summed E-state index contributed by atoms with van der Waals surface area (Å²) in [6.45, 7) is 0.725. The Hall–Kier alpha value is -3.30. The lowest BCUT2D eigenvalue weighted by Crippen LogP contribution is -2.37. The Bertz CT molecular complexity index is 1110. The van der Waals surface area contributed by atoms with E-state index in [0.29, 0.717) is 48.4 Å². The third kappa shape index (κ3) is 3.57. The summed E-state index contributed by atoms with van der Waals surface area (Å²) >= 11 is 0. The number of carbonyl (C=O) groups is 1. The predicted octanol–water partition coefficient (Wildman–Crippen LogP) is 3.57. The van der Waals surface area contributed by atoms with Crippen molar-refractivity contribution in [2.75, 3.05) is 13.1 Å². The van der Waals surface area contributed by atoms with Gasteiger partial charge in [0.2, 0.25) is 0 Å². The fraction of sp³-hybridized carbons (Fsp3) is 0.316. The van der Waals surface area contributed by atoms with E-state index >= 15 is 0 Å². The number of rotatable bonds is 2. The summed E-state index contributed by atoms with van der Waals surface area (Å²) in [4.78, 5) is 27.4. The molecule has 29 heavy (non-hydrogen) atoms. The molecule has 2 N–H and O–H groups in total. The molecule has 0 bridgehead atoms. The molecule has 1 aliphatic heterocycles. The lowest BCUT2D eigenvalue weighted by atomic mass is 9.93. The van der Waals surface area contributed by atoms with Crippen LogP contribution < -0.4 is 5.56 Å². The number of halogens is 3. The third-order valence-corrected chi connectivity index (χ3v) is 5.24. The number of aromatic nitrogens is 3. The molecule has 1 amide bonds. The average molecular weight is 406 g/mol. The minimum Gasteiger partial charge on any atom is -0.465 e. The summed E-state index contributed by atoms with van der Waals surface area (Å²) in [7, 11) is 0. The molecule has 10 heteroatoms. The summed E-state index contributed by atoms with van der Waals surface area (Å²) in [6, 6.07) is 6.11. The number of H-pyrrole nitrogens is 1. The van der Waals surface area contributed by atoms with Crippen molar-refractivity contribution >= 4 is 11.7 Å². The molecular weight excluding hydrogens is 389 g/mol. The number of amides is 1. The summed E-state index contributed by atoms with van der Waals surface area (Å²) < 4.78 is 40.0. The van der Waals surface area contributed by atoms with Gasteiger partial charge in [-0.15, -0.1) is 0 Å². The normalized spacial score (nSPS) is 15.8. The van der Waals surface area contributed by atoms with Crippen molar-refractivity contribution in [3.63, 3.8) is 0 Å². The average Bonchev–Trinajstić information content (AvgIpc) is 3.10. The second kappa shape index (κ2) is 6.94. The highest BCUT2D eigenvalue weighted by atomic mass is 19.4. The van der Waals surface area contributed by atoms with Gasteiger partial charge in [-0.05, 0) is 30.5 Å². The lowest BCUT2D eigenvalue weighted by Gasteiger charge is -2.30. The van der Waals surface area contributed by atoms with Crippen LogP contribution in [-0.2, 0) is 6.18 Å². The molecule has 0 radical (unpaired) electrons. The fourth-order valence-corrected chi connectivity index (χ4v) is 3.72. The molecule has 0 saturated carbocycles. The molecule has 0 atom stereocenters. The van der Waals surface area contributed by atoms with Crippen LogP contribution in [0.25, 0.3) is 16.8 Å². The largest absolute Gasteiger partial charge is 0.465 e. The number of aromatic amines is 1. The number of fused-ring (bicyclic) bond motifs is 1. The van der Waals surface area contributed by atoms with Crippen molar-refractivity contribution in [3.05, 3.63) is 58.1 Å². The topological polar surface area (TPSA) is 90.7 Å². The SMILES string of the molecule is O=C(O)N1CCC(c2cc(=O)[nH]c3c(-c4ccc(C(F)(F)F)cc4)cnn23)CC1. The molecule has 4 rings (SSSR count). The van der Waals surface area contributed by atoms with Crippen molar-refractivity contribution in [3.8, 4) is 11.1 Å². The van der Waals surface area contributed by atoms with Gasteiger partial charge in [0.15, 0.2) is 0 Å². The van der Waals surface area contributed by atoms with E-state index in [1.54, 1.807) is 4.52 Å². The van der Waals surface area contributed by atoms with Gasteiger partial charge in [-0.25, -0.2) is 9.31 Å². The van der Waals surface area contributed by atoms with Crippen LogP contribution in [0.3, 0.4) is 0 Å². The zero-order chi connectivity index (χ0) is 20.8. The van der Waals surface area contributed by atoms with Gasteiger partial charge in [0.1, 0.15) is 5.65 Å². The van der Waals surface area contributed by atoms with Crippen LogP contribution in [0.15, 0.2) is 41.3 Å². The van der Waals surface area contributed by atoms with Crippen LogP contribution in [-0.4, -0.2) is 43.8 Å². The smallest absolute Gasteiger partial charge is 0.416 e. The highest BCUT2D eigenvalue weighted by Crippen LogP contribution is 2.33. The molecule has 1 fully saturated rings. The van der Waals surface area contributed by atoms with Gasteiger partial charge >= 0.3 is 12.3 Å². The van der Waals surface area contributed by atoms with Crippen molar-refractivity contribution in [2.24, 2.45) is 0 Å². The van der Waals surface area contributed by atoms with E-state index < -0.39 is 17.8 Å². The Kier molecular flexibility index (Phi) is 4.56. The maximum absolute atomic E-state index is 12.8. The summed E-state index contributed by atoms with van der Waals surface area (Å²) in [6.07, 6.45) is -2.78. The molecule has 3 heterocycles. The number of hydrogen-bond acceptors (Lipinski definition) is 3. The number of nitrogens with zero attached hydrogens (tertiary/aromatic N) is 3. The highest BCUT2D eigenvalue weighted by molar-refractivity contribution is 5.77. The molecule has 3 aromatic rings. The molecule has 0 aliphatic carbocycles. The van der Waals surface area contributed by atoms with Crippen LogP contribution >= 0.6 is 0 Å². The van der Waals surface area contributed by atoms with Crippen LogP contribution in [0.4, 0.5) is 18.0 Å². The molecule has 1 aliphatic rings. The standard InChI is InChI=1S/C19H17F3N4O3/c20-19(21,22)13-3-1-11(2-4-13)14-10-23-26-15(9-16(27)24-17(14)26)12-5-7-25(8-6-12)18(28)29/h1-4,9-10,12H,5-8H2,(H,24,27)(H,28,29). The number of likely N-dealkylation sites (tertiary alicyclic amines) is 1. The number of piperidine rings is 1. The first kappa shape index (κ1) is 19.0. The Balaban J connectivity index is 1.71. The van der Waals surface area contributed by atoms with Gasteiger partial charge in [-0.1, -0.05) is 12.1 Å². The van der Waals surface area contributed by atoms with Gasteiger partial charge < -0.3 is 15.0 Å². The number of benzene rings is 1. The minimum absolute atomic E-state index is 0.0456. The lowest BCUT2D eigenvalue weighted by molar-refractivity contribution is -0.137. The van der Waals surface area contributed by atoms with E-state index in [-0.39, 0.29) is 11.5 Å². The van der Waals surface area contributed by atoms with E-state index in [1.807, 2.05) is 0 Å². The van der Waals surface area contributed by atoms with Crippen molar-refractivity contribution in [1.82, 2.24) is 19.5 Å². The molecule has 0 spiro atoms. The minimum atomic E-state index is -4.42. The van der Waals surface area contributed by atoms with E-state index in [0.717, 1.165) is 12.1 Å². The van der Waals surface area contributed by atoms with E-state index in [9.17, 15) is 22.8 Å². The Morgan fingerprint density at radius 3 is 2.41 bits per heavy atom. The molecule has 2 aromatic heterocycles. The first-order valence-corrected chi connectivity index (χ1v) is 9.00. The van der Waals surface area contributed by atoms with Gasteiger partial charge in [0.25, 0.3) is 5.56 Å². The Morgan fingerprint density at radius 2 is 1.83 bits per heavy atom. The van der Waals surface area contributed by atoms with Crippen LogP contribution in [0.1, 0.15) is 30.0 Å². The van der Waals surface area contributed by atoms with Crippen molar-refractivity contribution < 1.29 is 23.1 Å². The number of alkyl halides is 3. The maximum Gasteiger partial charge on any atom is 0.416 e. The van der Waals surface area contributed by atoms with Crippen LogP contribution in [0.5, 0.6) is 0 Å². The second-order valence-electron chi connectivity index (χ2n) is 7.00. The van der Waals surface area contributed by atoms with Crippen LogP contribution in [0, 0.1) is 0 Å². The molecule has 0 unspecified atom stereocenters. The van der Waals surface area contributed by atoms with Crippen LogP contribution in [0.2, 0.25) is 0 Å².